The van der Waals surface area contributed by atoms with E-state index in [-0.39, 0.29) is 6.04 Å². The molecule has 4 nitrogen and oxygen atoms in total. The van der Waals surface area contributed by atoms with Gasteiger partial charge in [-0.15, -0.1) is 0 Å². The third-order valence-corrected chi connectivity index (χ3v) is 2.25. The van der Waals surface area contributed by atoms with E-state index in [9.17, 15) is 4.79 Å². The molecule has 0 amide bonds. The van der Waals surface area contributed by atoms with Gasteiger partial charge >= 0.3 is 5.97 Å². The van der Waals surface area contributed by atoms with E-state index in [1.165, 1.54) is 0 Å². The lowest BCUT2D eigenvalue weighted by molar-refractivity contribution is -0.144. The third kappa shape index (κ3) is 1.70. The number of carboxylic acids is 1. The Morgan fingerprint density at radius 1 is 1.64 bits per heavy atom. The molecule has 2 unspecified atom stereocenters. The number of carboxylic acid groups (broad SMARTS) is 1. The summed E-state index contributed by atoms with van der Waals surface area (Å²) in [6.07, 6.45) is 2.68. The van der Waals surface area contributed by atoms with Crippen molar-refractivity contribution in [3.8, 4) is 0 Å². The summed E-state index contributed by atoms with van der Waals surface area (Å²) in [6.45, 7) is 0. The van der Waals surface area contributed by atoms with Crippen molar-refractivity contribution < 1.29 is 9.90 Å². The summed E-state index contributed by atoms with van der Waals surface area (Å²) in [6, 6.07) is -0.0372. The molecule has 0 saturated heterocycles. The van der Waals surface area contributed by atoms with Gasteiger partial charge in [-0.2, -0.15) is 0 Å². The second-order valence-corrected chi connectivity index (χ2v) is 3.32. The van der Waals surface area contributed by atoms with Gasteiger partial charge in [-0.25, -0.2) is 0 Å². The standard InChI is InChI=1S/C7H14N2O2/c8-5-2-1-3-7(9,4-5)6(10)11/h5H,1-4,8-9H2,(H,10,11). The van der Waals surface area contributed by atoms with E-state index in [1.54, 1.807) is 0 Å². The maximum atomic E-state index is 10.6. The average molecular weight is 158 g/mol. The maximum absolute atomic E-state index is 10.6. The summed E-state index contributed by atoms with van der Waals surface area (Å²) in [5, 5.41) is 8.73. The number of carbonyl (C=O) groups is 1. The maximum Gasteiger partial charge on any atom is 0.323 e. The highest BCUT2D eigenvalue weighted by atomic mass is 16.4. The highest BCUT2D eigenvalue weighted by Crippen LogP contribution is 2.25. The summed E-state index contributed by atoms with van der Waals surface area (Å²) in [7, 11) is 0. The molecular formula is C7H14N2O2. The van der Waals surface area contributed by atoms with Crippen LogP contribution < -0.4 is 11.5 Å². The van der Waals surface area contributed by atoms with Gasteiger partial charge < -0.3 is 16.6 Å². The molecule has 1 aliphatic rings. The molecule has 0 aliphatic heterocycles. The summed E-state index contributed by atoms with van der Waals surface area (Å²) < 4.78 is 0. The number of aliphatic carboxylic acids is 1. The zero-order valence-electron chi connectivity index (χ0n) is 6.42. The monoisotopic (exact) mass is 158 g/mol. The Labute approximate surface area is 65.6 Å². The highest BCUT2D eigenvalue weighted by Gasteiger charge is 2.37. The second kappa shape index (κ2) is 2.79. The molecule has 0 aromatic heterocycles. The van der Waals surface area contributed by atoms with Crippen LogP contribution in [0.15, 0.2) is 0 Å². The number of hydrogen-bond donors (Lipinski definition) is 3. The molecule has 1 fully saturated rings. The zero-order valence-corrected chi connectivity index (χ0v) is 6.42. The molecule has 64 valence electrons. The fourth-order valence-corrected chi connectivity index (χ4v) is 1.55. The van der Waals surface area contributed by atoms with Crippen molar-refractivity contribution in [2.75, 3.05) is 0 Å². The van der Waals surface area contributed by atoms with Crippen LogP contribution in [0.5, 0.6) is 0 Å². The van der Waals surface area contributed by atoms with Crippen molar-refractivity contribution in [3.05, 3.63) is 0 Å². The fraction of sp³-hybridized carbons (Fsp3) is 0.857. The van der Waals surface area contributed by atoms with E-state index in [0.717, 1.165) is 12.8 Å². The van der Waals surface area contributed by atoms with Gasteiger partial charge in [0, 0.05) is 6.04 Å². The lowest BCUT2D eigenvalue weighted by Gasteiger charge is -2.32. The van der Waals surface area contributed by atoms with Crippen LogP contribution in [0.2, 0.25) is 0 Å². The molecule has 0 radical (unpaired) electrons. The first-order valence-electron chi connectivity index (χ1n) is 3.82. The third-order valence-electron chi connectivity index (χ3n) is 2.25. The first kappa shape index (κ1) is 8.49. The minimum atomic E-state index is -1.06. The number of nitrogens with two attached hydrogens (primary N) is 2. The molecule has 2 atom stereocenters. The normalized spacial score (nSPS) is 38.5. The minimum absolute atomic E-state index is 0.0372. The molecule has 11 heavy (non-hydrogen) atoms. The van der Waals surface area contributed by atoms with Gasteiger partial charge in [0.2, 0.25) is 0 Å². The van der Waals surface area contributed by atoms with Crippen LogP contribution in [0.1, 0.15) is 25.7 Å². The van der Waals surface area contributed by atoms with Crippen molar-refractivity contribution >= 4 is 5.97 Å². The first-order valence-corrected chi connectivity index (χ1v) is 3.82. The molecule has 1 aliphatic carbocycles. The predicted octanol–water partition coefficient (Wildman–Crippen LogP) is -0.330. The van der Waals surface area contributed by atoms with Crippen molar-refractivity contribution in [2.45, 2.75) is 37.3 Å². The topological polar surface area (TPSA) is 89.3 Å². The molecule has 0 spiro atoms. The van der Waals surface area contributed by atoms with Crippen LogP contribution in [0.4, 0.5) is 0 Å². The van der Waals surface area contributed by atoms with Crippen LogP contribution in [-0.4, -0.2) is 22.7 Å². The van der Waals surface area contributed by atoms with Crippen molar-refractivity contribution in [2.24, 2.45) is 11.5 Å². The number of rotatable bonds is 1. The Kier molecular flexibility index (Phi) is 2.15. The SMILES string of the molecule is NC1CCCC(N)(C(=O)O)C1. The van der Waals surface area contributed by atoms with E-state index in [2.05, 4.69) is 0 Å². The summed E-state index contributed by atoms with van der Waals surface area (Å²) in [5.74, 6) is -0.923. The number of hydrogen-bond acceptors (Lipinski definition) is 3. The Hall–Kier alpha value is -0.610. The summed E-state index contributed by atoms with van der Waals surface area (Å²) >= 11 is 0. The molecule has 0 aromatic rings. The lowest BCUT2D eigenvalue weighted by atomic mass is 9.80. The second-order valence-electron chi connectivity index (χ2n) is 3.32. The highest BCUT2D eigenvalue weighted by molar-refractivity contribution is 5.78. The molecule has 1 rings (SSSR count). The molecule has 0 heterocycles. The van der Waals surface area contributed by atoms with Crippen LogP contribution in [-0.2, 0) is 4.79 Å². The van der Waals surface area contributed by atoms with Gasteiger partial charge in [0.25, 0.3) is 0 Å². The van der Waals surface area contributed by atoms with Crippen molar-refractivity contribution in [1.29, 1.82) is 0 Å². The van der Waals surface area contributed by atoms with Gasteiger partial charge in [0.1, 0.15) is 5.54 Å². The summed E-state index contributed by atoms with van der Waals surface area (Å²) in [4.78, 5) is 10.6. The Morgan fingerprint density at radius 3 is 2.64 bits per heavy atom. The molecule has 1 saturated carbocycles. The molecule has 5 N–H and O–H groups in total. The van der Waals surface area contributed by atoms with Gasteiger partial charge in [0.05, 0.1) is 0 Å². The van der Waals surface area contributed by atoms with Gasteiger partial charge in [-0.3, -0.25) is 4.79 Å². The zero-order chi connectivity index (χ0) is 8.48. The first-order chi connectivity index (χ1) is 5.04. The van der Waals surface area contributed by atoms with E-state index in [0.29, 0.717) is 12.8 Å². The van der Waals surface area contributed by atoms with E-state index in [4.69, 9.17) is 16.6 Å². The van der Waals surface area contributed by atoms with E-state index >= 15 is 0 Å². The van der Waals surface area contributed by atoms with Gasteiger partial charge in [0.15, 0.2) is 0 Å². The Morgan fingerprint density at radius 2 is 2.27 bits per heavy atom. The van der Waals surface area contributed by atoms with Crippen molar-refractivity contribution in [1.82, 2.24) is 0 Å². The fourth-order valence-electron chi connectivity index (χ4n) is 1.55. The van der Waals surface area contributed by atoms with Crippen molar-refractivity contribution in [3.63, 3.8) is 0 Å². The lowest BCUT2D eigenvalue weighted by Crippen LogP contribution is -2.54. The molecule has 0 aromatic carbocycles. The van der Waals surface area contributed by atoms with Crippen LogP contribution in [0.3, 0.4) is 0 Å². The van der Waals surface area contributed by atoms with E-state index < -0.39 is 11.5 Å². The van der Waals surface area contributed by atoms with Gasteiger partial charge in [-0.1, -0.05) is 0 Å². The van der Waals surface area contributed by atoms with Gasteiger partial charge in [-0.05, 0) is 25.7 Å². The Bertz CT molecular complexity index is 172. The average Bonchev–Trinajstić information content (AvgIpc) is 1.86. The largest absolute Gasteiger partial charge is 0.480 e. The predicted molar refractivity (Wildman–Crippen MR) is 41.0 cm³/mol. The minimum Gasteiger partial charge on any atom is -0.480 e. The van der Waals surface area contributed by atoms with Crippen LogP contribution >= 0.6 is 0 Å². The molecule has 4 heteroatoms. The van der Waals surface area contributed by atoms with E-state index in [1.807, 2.05) is 0 Å². The van der Waals surface area contributed by atoms with Crippen LogP contribution in [0, 0.1) is 0 Å². The Balaban J connectivity index is 2.63. The molecule has 0 bridgehead atoms. The smallest absolute Gasteiger partial charge is 0.323 e. The summed E-state index contributed by atoms with van der Waals surface area (Å²) in [5.41, 5.74) is 10.2. The molecular weight excluding hydrogens is 144 g/mol. The quantitative estimate of drug-likeness (QED) is 0.487. The van der Waals surface area contributed by atoms with Crippen LogP contribution in [0.25, 0.3) is 0 Å².